The SMILES string of the molecule is N#C/C(=C/c1ccc(Oc2ccc(C(F)(F)F)cc2[N+](=O)[O-])c(Cl)c1)C1=NN(c2ccccc2)[C@H](N)[C@@H]1C#N. The molecule has 3 aromatic carbocycles. The van der Waals surface area contributed by atoms with Gasteiger partial charge in [0.05, 0.1) is 38.6 Å². The van der Waals surface area contributed by atoms with E-state index in [-0.39, 0.29) is 22.1 Å². The third kappa shape index (κ3) is 5.67. The topological polar surface area (TPSA) is 142 Å². The van der Waals surface area contributed by atoms with E-state index in [4.69, 9.17) is 22.1 Å². The molecule has 2 atom stereocenters. The minimum Gasteiger partial charge on any atom is -0.449 e. The van der Waals surface area contributed by atoms with Crippen molar-refractivity contribution < 1.29 is 22.8 Å². The van der Waals surface area contributed by atoms with Crippen LogP contribution in [0.25, 0.3) is 6.08 Å². The predicted molar refractivity (Wildman–Crippen MR) is 137 cm³/mol. The molecule has 0 aromatic heterocycles. The van der Waals surface area contributed by atoms with Crippen molar-refractivity contribution in [3.05, 3.63) is 98.6 Å². The fourth-order valence-electron chi connectivity index (χ4n) is 3.78. The third-order valence-electron chi connectivity index (χ3n) is 5.66. The van der Waals surface area contributed by atoms with Crippen LogP contribution in [0.5, 0.6) is 11.5 Å². The summed E-state index contributed by atoms with van der Waals surface area (Å²) in [4.78, 5) is 10.3. The molecule has 13 heteroatoms. The number of nitro benzene ring substituents is 1. The molecule has 0 saturated carbocycles. The molecule has 3 aromatic rings. The van der Waals surface area contributed by atoms with Gasteiger partial charge in [0, 0.05) is 6.07 Å². The Balaban J connectivity index is 1.64. The number of para-hydroxylation sites is 1. The molecule has 1 aliphatic heterocycles. The Kier molecular flexibility index (Phi) is 7.54. The summed E-state index contributed by atoms with van der Waals surface area (Å²) in [5, 5.41) is 36.7. The van der Waals surface area contributed by atoms with Gasteiger partial charge in [-0.25, -0.2) is 5.01 Å². The fourth-order valence-corrected chi connectivity index (χ4v) is 4.01. The maximum atomic E-state index is 13.0. The van der Waals surface area contributed by atoms with Gasteiger partial charge in [-0.3, -0.25) is 10.1 Å². The molecule has 0 fully saturated rings. The first kappa shape index (κ1) is 27.1. The molecule has 0 unspecified atom stereocenters. The van der Waals surface area contributed by atoms with Gasteiger partial charge in [0.2, 0.25) is 5.75 Å². The van der Waals surface area contributed by atoms with Crippen molar-refractivity contribution in [2.45, 2.75) is 12.3 Å². The molecule has 0 aliphatic carbocycles. The zero-order chi connectivity index (χ0) is 28.3. The maximum absolute atomic E-state index is 13.0. The Hall–Kier alpha value is -4.91. The molecule has 0 amide bonds. The van der Waals surface area contributed by atoms with E-state index in [0.717, 1.165) is 6.07 Å². The predicted octanol–water partition coefficient (Wildman–Crippen LogP) is 6.27. The van der Waals surface area contributed by atoms with E-state index < -0.39 is 40.2 Å². The Morgan fingerprint density at radius 1 is 1.13 bits per heavy atom. The summed E-state index contributed by atoms with van der Waals surface area (Å²) in [6.07, 6.45) is -4.17. The summed E-state index contributed by atoms with van der Waals surface area (Å²) in [5.74, 6) is -1.42. The van der Waals surface area contributed by atoms with Crippen LogP contribution in [0.2, 0.25) is 5.02 Å². The molecular formula is C26H16ClF3N6O3. The molecule has 9 nitrogen and oxygen atoms in total. The van der Waals surface area contributed by atoms with Gasteiger partial charge in [-0.1, -0.05) is 35.9 Å². The normalized spacial score (nSPS) is 17.3. The molecule has 1 heterocycles. The molecule has 0 spiro atoms. The Morgan fingerprint density at radius 3 is 2.41 bits per heavy atom. The van der Waals surface area contributed by atoms with Crippen molar-refractivity contribution in [1.29, 1.82) is 10.5 Å². The van der Waals surface area contributed by atoms with Crippen LogP contribution < -0.4 is 15.5 Å². The number of nitrogens with zero attached hydrogens (tertiary/aromatic N) is 5. The quantitative estimate of drug-likeness (QED) is 0.216. The van der Waals surface area contributed by atoms with Gasteiger partial charge in [0.15, 0.2) is 0 Å². The van der Waals surface area contributed by atoms with E-state index >= 15 is 0 Å². The van der Waals surface area contributed by atoms with Crippen molar-refractivity contribution in [2.24, 2.45) is 16.8 Å². The number of nitro groups is 1. The first-order valence-corrected chi connectivity index (χ1v) is 11.4. The van der Waals surface area contributed by atoms with E-state index in [0.29, 0.717) is 23.4 Å². The van der Waals surface area contributed by atoms with Crippen LogP contribution >= 0.6 is 11.6 Å². The number of alkyl halides is 3. The first-order chi connectivity index (χ1) is 18.5. The molecule has 0 saturated heterocycles. The van der Waals surface area contributed by atoms with E-state index in [2.05, 4.69) is 11.2 Å². The zero-order valence-corrected chi connectivity index (χ0v) is 20.4. The average Bonchev–Trinajstić information content (AvgIpc) is 3.24. The lowest BCUT2D eigenvalue weighted by atomic mass is 9.95. The Labute approximate surface area is 224 Å². The molecule has 1 aliphatic rings. The monoisotopic (exact) mass is 552 g/mol. The lowest BCUT2D eigenvalue weighted by Gasteiger charge is -2.21. The zero-order valence-electron chi connectivity index (χ0n) is 19.6. The number of allylic oxidation sites excluding steroid dienone is 1. The van der Waals surface area contributed by atoms with Crippen LogP contribution in [-0.4, -0.2) is 16.8 Å². The van der Waals surface area contributed by atoms with Crippen molar-refractivity contribution in [1.82, 2.24) is 0 Å². The molecule has 2 N–H and O–H groups in total. The van der Waals surface area contributed by atoms with Gasteiger partial charge < -0.3 is 10.5 Å². The summed E-state index contributed by atoms with van der Waals surface area (Å²) in [6, 6.07) is 19.0. The van der Waals surface area contributed by atoms with Crippen molar-refractivity contribution in [2.75, 3.05) is 5.01 Å². The van der Waals surface area contributed by atoms with Crippen molar-refractivity contribution in [3.8, 4) is 23.6 Å². The molecule has 196 valence electrons. The fraction of sp³-hybridized carbons (Fsp3) is 0.115. The van der Waals surface area contributed by atoms with Gasteiger partial charge >= 0.3 is 11.9 Å². The standard InChI is InChI=1S/C26H16ClF3N6O3/c27-20-11-15(6-8-22(20)39-23-9-7-17(26(28,29)30)12-21(23)36(37)38)10-16(13-31)24-19(14-32)25(33)35(34-24)18-4-2-1-3-5-18/h1-12,19,25H,33H2/b16-10-/t19-,25+/m1/s1. The van der Waals surface area contributed by atoms with Crippen LogP contribution in [0.4, 0.5) is 24.5 Å². The number of nitrogens with two attached hydrogens (primary N) is 1. The van der Waals surface area contributed by atoms with E-state index in [1.807, 2.05) is 12.1 Å². The van der Waals surface area contributed by atoms with Crippen LogP contribution in [0.3, 0.4) is 0 Å². The number of ether oxygens (including phenoxy) is 1. The number of halogens is 4. The van der Waals surface area contributed by atoms with Gasteiger partial charge in [0.1, 0.15) is 23.9 Å². The maximum Gasteiger partial charge on any atom is 0.416 e. The minimum absolute atomic E-state index is 0.0388. The molecule has 0 radical (unpaired) electrons. The Bertz CT molecular complexity index is 1580. The van der Waals surface area contributed by atoms with Gasteiger partial charge in [-0.05, 0) is 48.0 Å². The van der Waals surface area contributed by atoms with E-state index in [1.54, 1.807) is 24.3 Å². The second-order valence-corrected chi connectivity index (χ2v) is 8.57. The largest absolute Gasteiger partial charge is 0.449 e. The van der Waals surface area contributed by atoms with Crippen molar-refractivity contribution >= 4 is 34.8 Å². The number of anilines is 1. The number of hydrazone groups is 1. The average molecular weight is 553 g/mol. The van der Waals surface area contributed by atoms with Crippen molar-refractivity contribution in [3.63, 3.8) is 0 Å². The number of rotatable bonds is 6. The minimum atomic E-state index is -4.77. The number of hydrogen-bond donors (Lipinski definition) is 1. The number of benzene rings is 3. The Morgan fingerprint density at radius 2 is 1.82 bits per heavy atom. The molecule has 0 bridgehead atoms. The summed E-state index contributed by atoms with van der Waals surface area (Å²) in [7, 11) is 0. The lowest BCUT2D eigenvalue weighted by molar-refractivity contribution is -0.385. The van der Waals surface area contributed by atoms with Gasteiger partial charge in [-0.15, -0.1) is 0 Å². The van der Waals surface area contributed by atoms with Crippen LogP contribution in [0.15, 0.2) is 77.4 Å². The summed E-state index contributed by atoms with van der Waals surface area (Å²) in [6.45, 7) is 0. The molecule has 39 heavy (non-hydrogen) atoms. The second-order valence-electron chi connectivity index (χ2n) is 8.16. The summed E-state index contributed by atoms with van der Waals surface area (Å²) in [5.41, 5.74) is 5.39. The van der Waals surface area contributed by atoms with Crippen LogP contribution in [0, 0.1) is 38.7 Å². The highest BCUT2D eigenvalue weighted by Gasteiger charge is 2.38. The highest BCUT2D eigenvalue weighted by molar-refractivity contribution is 6.32. The van der Waals surface area contributed by atoms with E-state index in [1.165, 1.54) is 29.3 Å². The van der Waals surface area contributed by atoms with Gasteiger partial charge in [0.25, 0.3) is 0 Å². The highest BCUT2D eigenvalue weighted by atomic mass is 35.5. The lowest BCUT2D eigenvalue weighted by Crippen LogP contribution is -2.40. The summed E-state index contributed by atoms with van der Waals surface area (Å²) < 4.78 is 44.4. The first-order valence-electron chi connectivity index (χ1n) is 11.1. The number of nitriles is 2. The molecular weight excluding hydrogens is 537 g/mol. The number of hydrogen-bond acceptors (Lipinski definition) is 8. The van der Waals surface area contributed by atoms with Crippen LogP contribution in [-0.2, 0) is 6.18 Å². The summed E-state index contributed by atoms with van der Waals surface area (Å²) >= 11 is 6.29. The second kappa shape index (κ2) is 10.8. The molecule has 4 rings (SSSR count). The highest BCUT2D eigenvalue weighted by Crippen LogP contribution is 2.39. The van der Waals surface area contributed by atoms with E-state index in [9.17, 15) is 33.8 Å². The smallest absolute Gasteiger partial charge is 0.416 e. The third-order valence-corrected chi connectivity index (χ3v) is 5.96. The van der Waals surface area contributed by atoms with Crippen LogP contribution in [0.1, 0.15) is 11.1 Å². The van der Waals surface area contributed by atoms with Gasteiger partial charge in [-0.2, -0.15) is 28.8 Å².